The second-order valence-corrected chi connectivity index (χ2v) is 8.49. The molecule has 0 bridgehead atoms. The Labute approximate surface area is 192 Å². The zero-order valence-electron chi connectivity index (χ0n) is 17.3. The number of aromatic carboxylic acids is 1. The van der Waals surface area contributed by atoms with Crippen molar-refractivity contribution in [2.75, 3.05) is 24.5 Å². The molecule has 2 aromatic rings. The van der Waals surface area contributed by atoms with Gasteiger partial charge in [-0.2, -0.15) is 0 Å². The van der Waals surface area contributed by atoms with Crippen molar-refractivity contribution in [3.8, 4) is 5.75 Å². The number of piperidine rings is 1. The van der Waals surface area contributed by atoms with E-state index in [1.165, 1.54) is 29.2 Å². The Bertz CT molecular complexity index is 1050. The van der Waals surface area contributed by atoms with Crippen molar-refractivity contribution in [2.24, 2.45) is 0 Å². The molecule has 1 spiro atoms. The number of rotatable bonds is 5. The Morgan fingerprint density at radius 3 is 2.42 bits per heavy atom. The maximum atomic E-state index is 12.6. The highest BCUT2D eigenvalue weighted by Crippen LogP contribution is 2.37. The van der Waals surface area contributed by atoms with Crippen molar-refractivity contribution in [2.45, 2.75) is 31.3 Å². The third kappa shape index (κ3) is 5.33. The van der Waals surface area contributed by atoms with Gasteiger partial charge in [-0.05, 0) is 42.0 Å². The van der Waals surface area contributed by atoms with Crippen LogP contribution in [0.1, 0.15) is 28.8 Å². The van der Waals surface area contributed by atoms with Crippen molar-refractivity contribution in [3.63, 3.8) is 0 Å². The standard InChI is InChI=1S/C22H20ClF3N2O5/c23-17-6-1-14(11-18(17)32-22(24,25)26)12-27-9-7-21(8-10-27)13-28(20(31)33-21)16-4-2-15(3-5-16)19(29)30/h1-6,11H,7-10,12-13H2,(H,29,30). The molecule has 2 aliphatic rings. The summed E-state index contributed by atoms with van der Waals surface area (Å²) in [5.41, 5.74) is 0.644. The fourth-order valence-electron chi connectivity index (χ4n) is 4.09. The first kappa shape index (κ1) is 23.2. The molecule has 2 aliphatic heterocycles. The van der Waals surface area contributed by atoms with E-state index < -0.39 is 29.8 Å². The molecule has 2 saturated heterocycles. The fourth-order valence-corrected chi connectivity index (χ4v) is 4.25. The molecule has 1 N–H and O–H groups in total. The maximum absolute atomic E-state index is 12.6. The Kier molecular flexibility index (Phi) is 6.15. The smallest absolute Gasteiger partial charge is 0.478 e. The zero-order valence-corrected chi connectivity index (χ0v) is 18.0. The van der Waals surface area contributed by atoms with Crippen LogP contribution >= 0.6 is 11.6 Å². The van der Waals surface area contributed by atoms with Gasteiger partial charge >= 0.3 is 18.4 Å². The van der Waals surface area contributed by atoms with Crippen LogP contribution in [0.2, 0.25) is 5.02 Å². The highest BCUT2D eigenvalue weighted by molar-refractivity contribution is 6.32. The number of alkyl halides is 3. The van der Waals surface area contributed by atoms with E-state index in [0.717, 1.165) is 0 Å². The molecular weight excluding hydrogens is 465 g/mol. The molecule has 0 atom stereocenters. The van der Waals surface area contributed by atoms with Gasteiger partial charge in [-0.25, -0.2) is 9.59 Å². The lowest BCUT2D eigenvalue weighted by molar-refractivity contribution is -0.274. The van der Waals surface area contributed by atoms with E-state index in [2.05, 4.69) is 9.64 Å². The van der Waals surface area contributed by atoms with Gasteiger partial charge in [0.15, 0.2) is 0 Å². The predicted octanol–water partition coefficient (Wildman–Crippen LogP) is 4.93. The number of amides is 1. The zero-order chi connectivity index (χ0) is 23.8. The number of carboxylic acid groups (broad SMARTS) is 1. The topological polar surface area (TPSA) is 79.3 Å². The van der Waals surface area contributed by atoms with Gasteiger partial charge in [0.25, 0.3) is 0 Å². The van der Waals surface area contributed by atoms with Crippen molar-refractivity contribution in [1.29, 1.82) is 0 Å². The van der Waals surface area contributed by atoms with Crippen LogP contribution in [0.15, 0.2) is 42.5 Å². The molecule has 2 fully saturated rings. The number of carbonyl (C=O) groups is 2. The van der Waals surface area contributed by atoms with Crippen LogP contribution in [0.3, 0.4) is 0 Å². The highest BCUT2D eigenvalue weighted by atomic mass is 35.5. The highest BCUT2D eigenvalue weighted by Gasteiger charge is 2.47. The molecule has 2 heterocycles. The molecular formula is C22H20ClF3N2O5. The number of likely N-dealkylation sites (tertiary alicyclic amines) is 1. The summed E-state index contributed by atoms with van der Waals surface area (Å²) in [7, 11) is 0. The lowest BCUT2D eigenvalue weighted by Gasteiger charge is -2.37. The van der Waals surface area contributed by atoms with E-state index in [-0.39, 0.29) is 10.6 Å². The number of nitrogens with zero attached hydrogens (tertiary/aromatic N) is 2. The maximum Gasteiger partial charge on any atom is 0.573 e. The van der Waals surface area contributed by atoms with Crippen LogP contribution in [0.25, 0.3) is 0 Å². The molecule has 0 aliphatic carbocycles. The van der Waals surface area contributed by atoms with Crippen LogP contribution in [0.5, 0.6) is 5.75 Å². The van der Waals surface area contributed by atoms with Gasteiger partial charge < -0.3 is 14.6 Å². The van der Waals surface area contributed by atoms with Crippen molar-refractivity contribution in [1.82, 2.24) is 4.90 Å². The largest absolute Gasteiger partial charge is 0.573 e. The van der Waals surface area contributed by atoms with E-state index in [1.807, 2.05) is 0 Å². The molecule has 7 nitrogen and oxygen atoms in total. The van der Waals surface area contributed by atoms with E-state index >= 15 is 0 Å². The first-order valence-electron chi connectivity index (χ1n) is 10.1. The average Bonchev–Trinajstić information content (AvgIpc) is 3.07. The number of carboxylic acids is 1. The normalized spacial score (nSPS) is 18.4. The first-order chi connectivity index (χ1) is 15.5. The summed E-state index contributed by atoms with van der Waals surface area (Å²) in [5.74, 6) is -1.49. The van der Waals surface area contributed by atoms with E-state index in [4.69, 9.17) is 21.4 Å². The lowest BCUT2D eigenvalue weighted by atomic mass is 9.91. The summed E-state index contributed by atoms with van der Waals surface area (Å²) >= 11 is 5.81. The first-order valence-corrected chi connectivity index (χ1v) is 10.5. The monoisotopic (exact) mass is 484 g/mol. The van der Waals surface area contributed by atoms with Gasteiger partial charge in [0.05, 0.1) is 17.1 Å². The molecule has 2 aromatic carbocycles. The summed E-state index contributed by atoms with van der Waals surface area (Å²) < 4.78 is 47.4. The fraction of sp³-hybridized carbons (Fsp3) is 0.364. The molecule has 0 unspecified atom stereocenters. The van der Waals surface area contributed by atoms with Crippen LogP contribution < -0.4 is 9.64 Å². The molecule has 11 heteroatoms. The molecule has 4 rings (SSSR count). The Morgan fingerprint density at radius 1 is 1.15 bits per heavy atom. The number of hydrogen-bond donors (Lipinski definition) is 1. The lowest BCUT2D eigenvalue weighted by Crippen LogP contribution is -2.46. The van der Waals surface area contributed by atoms with Crippen LogP contribution in [-0.2, 0) is 11.3 Å². The minimum atomic E-state index is -4.83. The quantitative estimate of drug-likeness (QED) is 0.648. The molecule has 0 aromatic heterocycles. The van der Waals surface area contributed by atoms with Crippen LogP contribution in [-0.4, -0.2) is 53.7 Å². The van der Waals surface area contributed by atoms with Gasteiger partial charge in [-0.3, -0.25) is 9.80 Å². The number of halogens is 4. The number of anilines is 1. The molecule has 0 radical (unpaired) electrons. The van der Waals surface area contributed by atoms with Crippen molar-refractivity contribution in [3.05, 3.63) is 58.6 Å². The van der Waals surface area contributed by atoms with E-state index in [1.54, 1.807) is 18.2 Å². The third-order valence-corrected chi connectivity index (χ3v) is 6.10. The van der Waals surface area contributed by atoms with Gasteiger partial charge in [-0.15, -0.1) is 13.2 Å². The summed E-state index contributed by atoms with van der Waals surface area (Å²) in [6.07, 6.45) is -4.20. The second-order valence-electron chi connectivity index (χ2n) is 8.08. The van der Waals surface area contributed by atoms with Crippen LogP contribution in [0, 0.1) is 0 Å². The predicted molar refractivity (Wildman–Crippen MR) is 113 cm³/mol. The second kappa shape index (κ2) is 8.75. The summed E-state index contributed by atoms with van der Waals surface area (Å²) in [6.45, 7) is 1.90. The molecule has 33 heavy (non-hydrogen) atoms. The Morgan fingerprint density at radius 2 is 1.82 bits per heavy atom. The number of benzene rings is 2. The van der Waals surface area contributed by atoms with Gasteiger partial charge in [0, 0.05) is 38.2 Å². The van der Waals surface area contributed by atoms with Crippen LogP contribution in [0.4, 0.5) is 23.7 Å². The summed E-state index contributed by atoms with van der Waals surface area (Å²) in [6, 6.07) is 10.3. The summed E-state index contributed by atoms with van der Waals surface area (Å²) in [4.78, 5) is 27.1. The number of ether oxygens (including phenoxy) is 2. The minimum absolute atomic E-state index is 0.122. The molecule has 1 amide bonds. The van der Waals surface area contributed by atoms with Gasteiger partial charge in [-0.1, -0.05) is 17.7 Å². The van der Waals surface area contributed by atoms with Crippen molar-refractivity contribution < 1.29 is 37.3 Å². The van der Waals surface area contributed by atoms with Gasteiger partial charge in [0.2, 0.25) is 0 Å². The Hall–Kier alpha value is -2.98. The minimum Gasteiger partial charge on any atom is -0.478 e. The van der Waals surface area contributed by atoms with Gasteiger partial charge in [0.1, 0.15) is 11.4 Å². The Balaban J connectivity index is 1.37. The van der Waals surface area contributed by atoms with Crippen molar-refractivity contribution >= 4 is 29.4 Å². The third-order valence-electron chi connectivity index (χ3n) is 5.79. The SMILES string of the molecule is O=C(O)c1ccc(N2CC3(CCN(Cc4ccc(Cl)c(OC(F)(F)F)c4)CC3)OC2=O)cc1. The van der Waals surface area contributed by atoms with E-state index in [9.17, 15) is 22.8 Å². The average molecular weight is 485 g/mol. The van der Waals surface area contributed by atoms with E-state index in [0.29, 0.717) is 50.3 Å². The summed E-state index contributed by atoms with van der Waals surface area (Å²) in [5, 5.41) is 8.91. The number of carbonyl (C=O) groups excluding carboxylic acids is 1. The molecule has 176 valence electrons. The molecule has 0 saturated carbocycles. The number of hydrogen-bond acceptors (Lipinski definition) is 5.